The Morgan fingerprint density at radius 2 is 1.48 bits per heavy atom. The summed E-state index contributed by atoms with van der Waals surface area (Å²) >= 11 is 0. The lowest BCUT2D eigenvalue weighted by molar-refractivity contribution is -0.138. The van der Waals surface area contributed by atoms with Crippen LogP contribution in [-0.2, 0) is 28.7 Å². The van der Waals surface area contributed by atoms with Crippen LogP contribution in [-0.4, -0.2) is 78.9 Å². The molecule has 40 heavy (non-hydrogen) atoms. The van der Waals surface area contributed by atoms with Crippen LogP contribution < -0.4 is 21.3 Å². The first-order valence-electron chi connectivity index (χ1n) is 14.0. The molecule has 1 heterocycles. The van der Waals surface area contributed by atoms with Crippen molar-refractivity contribution in [1.82, 2.24) is 26.2 Å². The fourth-order valence-corrected chi connectivity index (χ4v) is 4.49. The Balaban J connectivity index is 1.74. The molecule has 224 valence electrons. The molecule has 0 aromatic carbocycles. The second kappa shape index (κ2) is 14.8. The quantitative estimate of drug-likeness (QED) is 0.205. The Morgan fingerprint density at radius 3 is 2.02 bits per heavy atom. The first-order valence-corrected chi connectivity index (χ1v) is 14.0. The van der Waals surface area contributed by atoms with Crippen LogP contribution in [0.25, 0.3) is 0 Å². The number of rotatable bonds is 12. The van der Waals surface area contributed by atoms with Crippen molar-refractivity contribution in [2.24, 2.45) is 23.2 Å². The normalized spacial score (nSPS) is 20.6. The minimum absolute atomic E-state index is 0.143. The van der Waals surface area contributed by atoms with Gasteiger partial charge in [-0.25, -0.2) is 4.79 Å². The van der Waals surface area contributed by atoms with Gasteiger partial charge in [0.1, 0.15) is 12.1 Å². The summed E-state index contributed by atoms with van der Waals surface area (Å²) in [4.78, 5) is 74.9. The third-order valence-corrected chi connectivity index (χ3v) is 6.89. The summed E-state index contributed by atoms with van der Waals surface area (Å²) in [6.45, 7) is 12.0. The van der Waals surface area contributed by atoms with E-state index in [2.05, 4.69) is 21.3 Å². The monoisotopic (exact) mass is 563 g/mol. The van der Waals surface area contributed by atoms with Gasteiger partial charge in [0.15, 0.2) is 0 Å². The zero-order valence-corrected chi connectivity index (χ0v) is 24.5. The van der Waals surface area contributed by atoms with Gasteiger partial charge in [-0.15, -0.1) is 0 Å². The van der Waals surface area contributed by atoms with Gasteiger partial charge in [-0.05, 0) is 49.9 Å². The van der Waals surface area contributed by atoms with Crippen molar-refractivity contribution in [3.05, 3.63) is 12.2 Å². The molecule has 4 N–H and O–H groups in total. The molecule has 0 bridgehead atoms. The van der Waals surface area contributed by atoms with Crippen molar-refractivity contribution in [2.75, 3.05) is 26.2 Å². The fraction of sp³-hybridized carbons (Fsp3) is 0.714. The van der Waals surface area contributed by atoms with Crippen LogP contribution in [0.15, 0.2) is 12.2 Å². The Hall–Kier alpha value is -3.44. The van der Waals surface area contributed by atoms with Crippen molar-refractivity contribution in [3.8, 4) is 0 Å². The van der Waals surface area contributed by atoms with Crippen molar-refractivity contribution in [3.63, 3.8) is 0 Å². The van der Waals surface area contributed by atoms with Crippen LogP contribution in [0.1, 0.15) is 67.2 Å². The Bertz CT molecular complexity index is 962. The standard InChI is InChI=1S/C28H45N5O7/c1-17(2)23(26(38)31-18(3)24(36)29-13-14-30-27(39)40-16-28(4,5)6)32-25(37)20-9-7-19(8-10-20)15-33-21(34)11-12-22(33)35/h11-12,17-20,23H,7-10,13-16H2,1-6H3,(H,29,36)(H,30,39)(H,31,38)(H,32,37)/t18-,19?,20?,23-/m0/s1. The number of carbonyl (C=O) groups is 6. The van der Waals surface area contributed by atoms with Gasteiger partial charge in [0.2, 0.25) is 17.7 Å². The number of ether oxygens (including phenoxy) is 1. The van der Waals surface area contributed by atoms with E-state index in [-0.39, 0.29) is 60.6 Å². The summed E-state index contributed by atoms with van der Waals surface area (Å²) in [6.07, 6.45) is 4.58. The minimum atomic E-state index is -0.848. The highest BCUT2D eigenvalue weighted by atomic mass is 16.5. The van der Waals surface area contributed by atoms with Crippen LogP contribution in [0.2, 0.25) is 0 Å². The molecular weight excluding hydrogens is 518 g/mol. The second-order valence-corrected chi connectivity index (χ2v) is 12.2. The molecule has 0 saturated heterocycles. The van der Waals surface area contributed by atoms with E-state index < -0.39 is 30.0 Å². The summed E-state index contributed by atoms with van der Waals surface area (Å²) in [5, 5.41) is 10.7. The molecule has 1 aliphatic heterocycles. The maximum absolute atomic E-state index is 13.0. The van der Waals surface area contributed by atoms with Gasteiger partial charge in [0, 0.05) is 37.7 Å². The lowest BCUT2D eigenvalue weighted by Gasteiger charge is -2.31. The van der Waals surface area contributed by atoms with E-state index in [1.807, 2.05) is 34.6 Å². The molecule has 1 aliphatic carbocycles. The number of nitrogens with zero attached hydrogens (tertiary/aromatic N) is 1. The summed E-state index contributed by atoms with van der Waals surface area (Å²) < 4.78 is 5.09. The average molecular weight is 564 g/mol. The van der Waals surface area contributed by atoms with Crippen molar-refractivity contribution in [2.45, 2.75) is 79.3 Å². The first kappa shape index (κ1) is 32.8. The Labute approximate surface area is 236 Å². The number of nitrogens with one attached hydrogen (secondary N) is 4. The lowest BCUT2D eigenvalue weighted by Crippen LogP contribution is -2.55. The van der Waals surface area contributed by atoms with E-state index in [0.717, 1.165) is 0 Å². The second-order valence-electron chi connectivity index (χ2n) is 12.2. The van der Waals surface area contributed by atoms with Crippen LogP contribution in [0.5, 0.6) is 0 Å². The zero-order valence-electron chi connectivity index (χ0n) is 24.5. The molecule has 2 aliphatic rings. The predicted molar refractivity (Wildman–Crippen MR) is 147 cm³/mol. The first-order chi connectivity index (χ1) is 18.7. The molecule has 1 saturated carbocycles. The van der Waals surface area contributed by atoms with E-state index in [4.69, 9.17) is 4.74 Å². The van der Waals surface area contributed by atoms with E-state index in [0.29, 0.717) is 32.2 Å². The number of hydrogen-bond donors (Lipinski definition) is 4. The maximum atomic E-state index is 13.0. The van der Waals surface area contributed by atoms with Gasteiger partial charge in [0.05, 0.1) is 6.61 Å². The van der Waals surface area contributed by atoms with Crippen molar-refractivity contribution in [1.29, 1.82) is 0 Å². The molecule has 0 radical (unpaired) electrons. The van der Waals surface area contributed by atoms with Crippen LogP contribution >= 0.6 is 0 Å². The van der Waals surface area contributed by atoms with Crippen molar-refractivity contribution < 1.29 is 33.5 Å². The topological polar surface area (TPSA) is 163 Å². The molecule has 12 nitrogen and oxygen atoms in total. The van der Waals surface area contributed by atoms with E-state index >= 15 is 0 Å². The molecule has 1 fully saturated rings. The van der Waals surface area contributed by atoms with Crippen LogP contribution in [0, 0.1) is 23.2 Å². The minimum Gasteiger partial charge on any atom is -0.449 e. The third-order valence-electron chi connectivity index (χ3n) is 6.89. The number of amides is 6. The molecule has 2 rings (SSSR count). The molecule has 0 aromatic heterocycles. The average Bonchev–Trinajstić information content (AvgIpc) is 3.20. The summed E-state index contributed by atoms with van der Waals surface area (Å²) in [5.74, 6) is -2.03. The van der Waals surface area contributed by atoms with Crippen LogP contribution in [0.4, 0.5) is 4.79 Å². The summed E-state index contributed by atoms with van der Waals surface area (Å²) in [6, 6.07) is -1.66. The highest BCUT2D eigenvalue weighted by Gasteiger charge is 2.34. The predicted octanol–water partition coefficient (Wildman–Crippen LogP) is 1.25. The van der Waals surface area contributed by atoms with Gasteiger partial charge in [-0.1, -0.05) is 34.6 Å². The lowest BCUT2D eigenvalue weighted by atomic mass is 9.81. The highest BCUT2D eigenvalue weighted by Crippen LogP contribution is 2.30. The van der Waals surface area contributed by atoms with Gasteiger partial charge >= 0.3 is 6.09 Å². The fourth-order valence-electron chi connectivity index (χ4n) is 4.49. The smallest absolute Gasteiger partial charge is 0.407 e. The third kappa shape index (κ3) is 10.6. The zero-order chi connectivity index (χ0) is 30.0. The SMILES string of the molecule is CC(C)[C@H](NC(=O)C1CCC(CN2C(=O)C=CC2=O)CC1)C(=O)N[C@@H](C)C(=O)NCCNC(=O)OCC(C)(C)C. The van der Waals surface area contributed by atoms with Crippen molar-refractivity contribution >= 4 is 35.6 Å². The molecule has 0 spiro atoms. The largest absolute Gasteiger partial charge is 0.449 e. The maximum Gasteiger partial charge on any atom is 0.407 e. The Morgan fingerprint density at radius 1 is 0.900 bits per heavy atom. The highest BCUT2D eigenvalue weighted by molar-refractivity contribution is 6.12. The summed E-state index contributed by atoms with van der Waals surface area (Å²) in [7, 11) is 0. The van der Waals surface area contributed by atoms with Gasteiger partial charge < -0.3 is 26.0 Å². The molecule has 12 heteroatoms. The Kier molecular flexibility index (Phi) is 12.1. The van der Waals surface area contributed by atoms with Gasteiger partial charge in [-0.2, -0.15) is 0 Å². The van der Waals surface area contributed by atoms with E-state index in [1.165, 1.54) is 17.1 Å². The van der Waals surface area contributed by atoms with Crippen LogP contribution in [0.3, 0.4) is 0 Å². The molecule has 6 amide bonds. The van der Waals surface area contributed by atoms with E-state index in [1.54, 1.807) is 6.92 Å². The molecular formula is C28H45N5O7. The van der Waals surface area contributed by atoms with E-state index in [9.17, 15) is 28.8 Å². The molecule has 0 unspecified atom stereocenters. The van der Waals surface area contributed by atoms with Gasteiger partial charge in [-0.3, -0.25) is 28.9 Å². The number of hydrogen-bond acceptors (Lipinski definition) is 7. The number of carbonyl (C=O) groups excluding carboxylic acids is 6. The van der Waals surface area contributed by atoms with Gasteiger partial charge in [0.25, 0.3) is 11.8 Å². The number of imide groups is 1. The summed E-state index contributed by atoms with van der Waals surface area (Å²) in [5.41, 5.74) is -0.150. The molecule has 0 aromatic rings. The molecule has 2 atom stereocenters. The number of alkyl carbamates (subject to hydrolysis) is 1.